The van der Waals surface area contributed by atoms with E-state index in [-0.39, 0.29) is 11.5 Å². The molecule has 0 aliphatic carbocycles. The first-order chi connectivity index (χ1) is 7.72. The van der Waals surface area contributed by atoms with Gasteiger partial charge in [0.25, 0.3) is 0 Å². The largest absolute Gasteiger partial charge is 0.355 e. The quantitative estimate of drug-likeness (QED) is 0.738. The zero-order valence-electron chi connectivity index (χ0n) is 9.81. The van der Waals surface area contributed by atoms with Crippen LogP contribution in [0, 0.1) is 6.92 Å². The maximum Gasteiger partial charge on any atom is 0.163 e. The average molecular weight is 238 g/mol. The molecule has 16 heavy (non-hydrogen) atoms. The minimum absolute atomic E-state index is 0.0609. The van der Waals surface area contributed by atoms with Gasteiger partial charge in [-0.3, -0.25) is 4.21 Å². The first kappa shape index (κ1) is 11.8. The predicted octanol–water partition coefficient (Wildman–Crippen LogP) is 3.02. The van der Waals surface area contributed by atoms with Crippen LogP contribution in [0.15, 0.2) is 29.2 Å². The third kappa shape index (κ3) is 2.71. The van der Waals surface area contributed by atoms with E-state index in [1.807, 2.05) is 31.2 Å². The smallest absolute Gasteiger partial charge is 0.163 e. The van der Waals surface area contributed by atoms with E-state index in [0.717, 1.165) is 17.7 Å². The number of unbranched alkanes of at least 4 members (excludes halogenated alkanes) is 1. The van der Waals surface area contributed by atoms with Crippen LogP contribution in [0.25, 0.3) is 0 Å². The minimum atomic E-state index is -0.988. The SMILES string of the molecule is CCCC[C@@H]1O[C@H]1S(=O)c1ccc(C)cc1. The molecule has 0 N–H and O–H groups in total. The molecular formula is C13H18O2S. The van der Waals surface area contributed by atoms with Gasteiger partial charge in [0.1, 0.15) is 0 Å². The van der Waals surface area contributed by atoms with E-state index in [4.69, 9.17) is 4.74 Å². The number of rotatable bonds is 5. The van der Waals surface area contributed by atoms with Gasteiger partial charge in [-0.05, 0) is 25.5 Å². The van der Waals surface area contributed by atoms with E-state index in [1.165, 1.54) is 12.0 Å². The Kier molecular flexibility index (Phi) is 3.77. The highest BCUT2D eigenvalue weighted by Crippen LogP contribution is 2.33. The van der Waals surface area contributed by atoms with Gasteiger partial charge in [-0.1, -0.05) is 37.5 Å². The van der Waals surface area contributed by atoms with Crippen molar-refractivity contribution in [2.75, 3.05) is 0 Å². The Morgan fingerprint density at radius 2 is 2.00 bits per heavy atom. The summed E-state index contributed by atoms with van der Waals surface area (Å²) in [4.78, 5) is 0.884. The molecule has 0 radical (unpaired) electrons. The second kappa shape index (κ2) is 5.11. The summed E-state index contributed by atoms with van der Waals surface area (Å²) in [5.74, 6) is 0. The van der Waals surface area contributed by atoms with Gasteiger partial charge in [0, 0.05) is 4.90 Å². The van der Waals surface area contributed by atoms with E-state index in [1.54, 1.807) is 0 Å². The van der Waals surface area contributed by atoms with Crippen LogP contribution in [0.1, 0.15) is 31.7 Å². The lowest BCUT2D eigenvalue weighted by molar-refractivity contribution is 0.382. The zero-order chi connectivity index (χ0) is 11.5. The molecule has 2 nitrogen and oxygen atoms in total. The van der Waals surface area contributed by atoms with Crippen molar-refractivity contribution in [2.24, 2.45) is 0 Å². The molecule has 1 fully saturated rings. The van der Waals surface area contributed by atoms with E-state index < -0.39 is 10.8 Å². The van der Waals surface area contributed by atoms with Crippen LogP contribution in [0.2, 0.25) is 0 Å². The molecule has 2 rings (SSSR count). The second-order valence-corrected chi connectivity index (χ2v) is 5.83. The predicted molar refractivity (Wildman–Crippen MR) is 65.8 cm³/mol. The highest BCUT2D eigenvalue weighted by atomic mass is 32.2. The lowest BCUT2D eigenvalue weighted by Gasteiger charge is -1.99. The number of hydrogen-bond donors (Lipinski definition) is 0. The lowest BCUT2D eigenvalue weighted by Crippen LogP contribution is -2.03. The first-order valence-electron chi connectivity index (χ1n) is 5.85. The van der Waals surface area contributed by atoms with Crippen LogP contribution in [-0.2, 0) is 15.5 Å². The Hall–Kier alpha value is -0.670. The molecule has 1 aliphatic rings. The van der Waals surface area contributed by atoms with Gasteiger partial charge in [-0.25, -0.2) is 0 Å². The van der Waals surface area contributed by atoms with Crippen LogP contribution in [-0.4, -0.2) is 15.7 Å². The van der Waals surface area contributed by atoms with Gasteiger partial charge in [-0.2, -0.15) is 0 Å². The molecule has 1 unspecified atom stereocenters. The standard InChI is InChI=1S/C13H18O2S/c1-3-4-5-12-13(15-12)16(14)11-8-6-10(2)7-9-11/h6-9,12-13H,3-5H2,1-2H3/t12-,13-,16?/m0/s1. The summed E-state index contributed by atoms with van der Waals surface area (Å²) in [6.07, 6.45) is 3.59. The average Bonchev–Trinajstić information content (AvgIpc) is 3.06. The lowest BCUT2D eigenvalue weighted by atomic mass is 10.2. The Bertz CT molecular complexity index is 372. The molecule has 1 saturated heterocycles. The molecule has 0 bridgehead atoms. The fourth-order valence-corrected chi connectivity index (χ4v) is 3.06. The highest BCUT2D eigenvalue weighted by molar-refractivity contribution is 7.85. The summed E-state index contributed by atoms with van der Waals surface area (Å²) in [6, 6.07) is 7.86. The molecule has 88 valence electrons. The Morgan fingerprint density at radius 3 is 2.62 bits per heavy atom. The van der Waals surface area contributed by atoms with E-state index >= 15 is 0 Å². The molecule has 1 heterocycles. The van der Waals surface area contributed by atoms with Gasteiger partial charge in [-0.15, -0.1) is 0 Å². The number of hydrogen-bond acceptors (Lipinski definition) is 2. The molecule has 0 aromatic heterocycles. The van der Waals surface area contributed by atoms with E-state index in [2.05, 4.69) is 6.92 Å². The van der Waals surface area contributed by atoms with Crippen molar-refractivity contribution < 1.29 is 8.95 Å². The highest BCUT2D eigenvalue weighted by Gasteiger charge is 2.43. The minimum Gasteiger partial charge on any atom is -0.355 e. The summed E-state index contributed by atoms with van der Waals surface area (Å²) in [5.41, 5.74) is 1.13. The van der Waals surface area contributed by atoms with Crippen molar-refractivity contribution >= 4 is 10.8 Å². The second-order valence-electron chi connectivity index (χ2n) is 4.30. The molecule has 0 saturated carbocycles. The fourth-order valence-electron chi connectivity index (χ4n) is 1.73. The normalized spacial score (nSPS) is 25.4. The van der Waals surface area contributed by atoms with Gasteiger partial charge >= 0.3 is 0 Å². The molecule has 3 atom stereocenters. The topological polar surface area (TPSA) is 29.6 Å². The van der Waals surface area contributed by atoms with E-state index in [9.17, 15) is 4.21 Å². The van der Waals surface area contributed by atoms with Crippen LogP contribution in [0.4, 0.5) is 0 Å². The van der Waals surface area contributed by atoms with Gasteiger partial charge in [0.05, 0.1) is 16.9 Å². The summed E-state index contributed by atoms with van der Waals surface area (Å²) in [5, 5.41) is 0. The van der Waals surface area contributed by atoms with Gasteiger partial charge < -0.3 is 4.74 Å². The fraction of sp³-hybridized carbons (Fsp3) is 0.538. The summed E-state index contributed by atoms with van der Waals surface area (Å²) >= 11 is 0. The van der Waals surface area contributed by atoms with Gasteiger partial charge in [0.15, 0.2) is 5.44 Å². The summed E-state index contributed by atoms with van der Waals surface area (Å²) in [6.45, 7) is 4.19. The number of ether oxygens (including phenoxy) is 1. The molecule has 0 amide bonds. The molecule has 1 aliphatic heterocycles. The van der Waals surface area contributed by atoms with Gasteiger partial charge in [0.2, 0.25) is 0 Å². The number of aryl methyl sites for hydroxylation is 1. The van der Waals surface area contributed by atoms with E-state index in [0.29, 0.717) is 0 Å². The number of benzene rings is 1. The maximum atomic E-state index is 12.1. The summed E-state index contributed by atoms with van der Waals surface area (Å²) in [7, 11) is -0.988. The van der Waals surface area contributed by atoms with Crippen molar-refractivity contribution in [1.29, 1.82) is 0 Å². The monoisotopic (exact) mass is 238 g/mol. The van der Waals surface area contributed by atoms with Crippen LogP contribution < -0.4 is 0 Å². The van der Waals surface area contributed by atoms with Crippen molar-refractivity contribution in [3.63, 3.8) is 0 Å². The first-order valence-corrected chi connectivity index (χ1v) is 7.06. The van der Waals surface area contributed by atoms with Crippen molar-refractivity contribution in [1.82, 2.24) is 0 Å². The molecule has 3 heteroatoms. The maximum absolute atomic E-state index is 12.1. The molecular weight excluding hydrogens is 220 g/mol. The van der Waals surface area contributed by atoms with Crippen LogP contribution in [0.5, 0.6) is 0 Å². The van der Waals surface area contributed by atoms with Crippen molar-refractivity contribution in [3.05, 3.63) is 29.8 Å². The van der Waals surface area contributed by atoms with Crippen molar-refractivity contribution in [2.45, 2.75) is 49.5 Å². The molecule has 0 spiro atoms. The summed E-state index contributed by atoms with van der Waals surface area (Å²) < 4.78 is 17.5. The Morgan fingerprint density at radius 1 is 1.31 bits per heavy atom. The molecule has 1 aromatic rings. The molecule has 1 aromatic carbocycles. The number of epoxide rings is 1. The van der Waals surface area contributed by atoms with Crippen molar-refractivity contribution in [3.8, 4) is 0 Å². The Balaban J connectivity index is 1.92. The third-order valence-electron chi connectivity index (χ3n) is 2.84. The zero-order valence-corrected chi connectivity index (χ0v) is 10.6. The van der Waals surface area contributed by atoms with Crippen LogP contribution >= 0.6 is 0 Å². The Labute approximate surface area is 99.5 Å². The third-order valence-corrected chi connectivity index (χ3v) is 4.42. The van der Waals surface area contributed by atoms with Crippen LogP contribution in [0.3, 0.4) is 0 Å².